The van der Waals surface area contributed by atoms with Crippen molar-refractivity contribution in [3.63, 3.8) is 0 Å². The van der Waals surface area contributed by atoms with Crippen LogP contribution in [0.25, 0.3) is 0 Å². The molecule has 58 valence electrons. The molecule has 2 aliphatic heterocycles. The predicted octanol–water partition coefficient (Wildman–Crippen LogP) is 1.55. The van der Waals surface area contributed by atoms with E-state index in [1.165, 1.54) is 0 Å². The Morgan fingerprint density at radius 1 is 1.50 bits per heavy atom. The van der Waals surface area contributed by atoms with E-state index in [0.717, 1.165) is 6.42 Å². The van der Waals surface area contributed by atoms with E-state index in [1.807, 2.05) is 0 Å². The van der Waals surface area contributed by atoms with Crippen molar-refractivity contribution >= 4 is 0 Å². The number of rotatable bonds is 1. The molecule has 2 rings (SSSR count). The molecule has 2 aliphatic rings. The topological polar surface area (TPSA) is 21.8 Å². The molecular formula is C8H14O2. The number of ether oxygens (including phenoxy) is 2. The molecule has 1 unspecified atom stereocenters. The van der Waals surface area contributed by atoms with Gasteiger partial charge in [-0.25, -0.2) is 0 Å². The van der Waals surface area contributed by atoms with Crippen LogP contribution in [0.15, 0.2) is 0 Å². The van der Waals surface area contributed by atoms with Crippen molar-refractivity contribution in [2.45, 2.75) is 45.2 Å². The zero-order valence-corrected chi connectivity index (χ0v) is 6.76. The zero-order chi connectivity index (χ0) is 7.35. The van der Waals surface area contributed by atoms with Crippen LogP contribution in [-0.2, 0) is 9.47 Å². The smallest absolute Gasteiger partial charge is 0.187 e. The van der Waals surface area contributed by atoms with Gasteiger partial charge in [-0.3, -0.25) is 0 Å². The molecule has 2 saturated heterocycles. The van der Waals surface area contributed by atoms with Crippen LogP contribution in [-0.4, -0.2) is 18.0 Å². The molecule has 0 bridgehead atoms. The third-order valence-electron chi connectivity index (χ3n) is 2.93. The molecule has 2 fully saturated rings. The van der Waals surface area contributed by atoms with Crippen molar-refractivity contribution in [2.24, 2.45) is 5.92 Å². The highest BCUT2D eigenvalue weighted by atomic mass is 16.8. The van der Waals surface area contributed by atoms with Crippen molar-refractivity contribution in [2.75, 3.05) is 0 Å². The maximum Gasteiger partial charge on any atom is 0.187 e. The van der Waals surface area contributed by atoms with Crippen LogP contribution in [0.1, 0.15) is 27.2 Å². The fraction of sp³-hybridized carbons (Fsp3) is 1.00. The lowest BCUT2D eigenvalue weighted by molar-refractivity contribution is -0.0398. The monoisotopic (exact) mass is 142 g/mol. The van der Waals surface area contributed by atoms with Crippen LogP contribution in [0.2, 0.25) is 0 Å². The molecular weight excluding hydrogens is 128 g/mol. The summed E-state index contributed by atoms with van der Waals surface area (Å²) in [6.07, 6.45) is 1.66. The molecule has 0 aromatic rings. The molecule has 0 spiro atoms. The maximum absolute atomic E-state index is 5.58. The quantitative estimate of drug-likeness (QED) is 0.518. The molecule has 2 heteroatoms. The fourth-order valence-corrected chi connectivity index (χ4v) is 1.78. The van der Waals surface area contributed by atoms with E-state index >= 15 is 0 Å². The second-order valence-corrected chi connectivity index (χ2v) is 3.51. The van der Waals surface area contributed by atoms with E-state index in [2.05, 4.69) is 20.8 Å². The van der Waals surface area contributed by atoms with Crippen LogP contribution in [0.4, 0.5) is 0 Å². The number of fused-ring (bicyclic) bond motifs is 1. The van der Waals surface area contributed by atoms with E-state index < -0.39 is 0 Å². The van der Waals surface area contributed by atoms with Gasteiger partial charge in [-0.1, -0.05) is 13.8 Å². The summed E-state index contributed by atoms with van der Waals surface area (Å²) in [6, 6.07) is 0. The summed E-state index contributed by atoms with van der Waals surface area (Å²) < 4.78 is 10.9. The van der Waals surface area contributed by atoms with Gasteiger partial charge in [0.15, 0.2) is 6.29 Å². The first-order chi connectivity index (χ1) is 4.68. The molecule has 2 heterocycles. The number of hydrogen-bond donors (Lipinski definition) is 0. The van der Waals surface area contributed by atoms with Gasteiger partial charge in [-0.05, 0) is 13.3 Å². The summed E-state index contributed by atoms with van der Waals surface area (Å²) in [5.74, 6) is 0.572. The minimum absolute atomic E-state index is 0.0701. The highest BCUT2D eigenvalue weighted by molar-refractivity contribution is 5.05. The summed E-state index contributed by atoms with van der Waals surface area (Å²) in [5.41, 5.74) is 0.0701. The number of hydrogen-bond acceptors (Lipinski definition) is 2. The largest absolute Gasteiger partial charge is 0.346 e. The van der Waals surface area contributed by atoms with Gasteiger partial charge in [0.25, 0.3) is 0 Å². The van der Waals surface area contributed by atoms with E-state index in [4.69, 9.17) is 9.47 Å². The van der Waals surface area contributed by atoms with E-state index in [1.54, 1.807) is 0 Å². The minimum Gasteiger partial charge on any atom is -0.346 e. The Morgan fingerprint density at radius 3 is 2.50 bits per heavy atom. The summed E-state index contributed by atoms with van der Waals surface area (Å²) in [4.78, 5) is 0. The average molecular weight is 142 g/mol. The molecule has 2 nitrogen and oxygen atoms in total. The molecule has 0 aliphatic carbocycles. The van der Waals surface area contributed by atoms with Gasteiger partial charge in [-0.2, -0.15) is 0 Å². The second-order valence-electron chi connectivity index (χ2n) is 3.51. The van der Waals surface area contributed by atoms with Crippen molar-refractivity contribution < 1.29 is 9.47 Å². The fourth-order valence-electron chi connectivity index (χ4n) is 1.78. The zero-order valence-electron chi connectivity index (χ0n) is 6.76. The van der Waals surface area contributed by atoms with Crippen LogP contribution in [0.3, 0.4) is 0 Å². The average Bonchev–Trinajstić information content (AvgIpc) is 2.51. The molecule has 0 radical (unpaired) electrons. The maximum atomic E-state index is 5.58. The Hall–Kier alpha value is -0.0800. The standard InChI is InChI=1S/C8H14O2/c1-4-6-5(2)8(3)7(9-6)10-8/h5-7H,4H2,1-3H3/t5-,6?,7-,8-/m1/s1. The van der Waals surface area contributed by atoms with Crippen molar-refractivity contribution in [1.29, 1.82) is 0 Å². The van der Waals surface area contributed by atoms with Gasteiger partial charge in [0.2, 0.25) is 0 Å². The Balaban J connectivity index is 2.09. The van der Waals surface area contributed by atoms with Gasteiger partial charge >= 0.3 is 0 Å². The molecule has 10 heavy (non-hydrogen) atoms. The third-order valence-corrected chi connectivity index (χ3v) is 2.93. The molecule has 0 aromatic heterocycles. The van der Waals surface area contributed by atoms with Crippen LogP contribution >= 0.6 is 0 Å². The first kappa shape index (κ1) is 6.62. The normalized spacial score (nSPS) is 58.5. The van der Waals surface area contributed by atoms with Gasteiger partial charge in [0.1, 0.15) is 5.60 Å². The second kappa shape index (κ2) is 1.74. The van der Waals surface area contributed by atoms with Crippen LogP contribution in [0.5, 0.6) is 0 Å². The Labute approximate surface area is 61.5 Å². The van der Waals surface area contributed by atoms with Crippen molar-refractivity contribution in [3.05, 3.63) is 0 Å². The van der Waals surface area contributed by atoms with Crippen LogP contribution in [0, 0.1) is 5.92 Å². The molecule has 0 amide bonds. The summed E-state index contributed by atoms with van der Waals surface area (Å²) in [5, 5.41) is 0. The molecule has 0 aromatic carbocycles. The molecule has 4 atom stereocenters. The first-order valence-electron chi connectivity index (χ1n) is 4.01. The lowest BCUT2D eigenvalue weighted by Crippen LogP contribution is -2.23. The predicted molar refractivity (Wildman–Crippen MR) is 37.6 cm³/mol. The minimum atomic E-state index is 0.0701. The van der Waals surface area contributed by atoms with E-state index in [-0.39, 0.29) is 11.9 Å². The Bertz CT molecular complexity index is 157. The molecule has 0 N–H and O–H groups in total. The first-order valence-corrected chi connectivity index (χ1v) is 4.01. The molecule has 0 saturated carbocycles. The lowest BCUT2D eigenvalue weighted by Gasteiger charge is -2.17. The summed E-state index contributed by atoms with van der Waals surface area (Å²) >= 11 is 0. The van der Waals surface area contributed by atoms with E-state index in [9.17, 15) is 0 Å². The highest BCUT2D eigenvalue weighted by Crippen LogP contribution is 2.52. The Kier molecular flexibility index (Phi) is 1.15. The van der Waals surface area contributed by atoms with Gasteiger partial charge in [0, 0.05) is 5.92 Å². The van der Waals surface area contributed by atoms with Crippen molar-refractivity contribution in [3.8, 4) is 0 Å². The SMILES string of the molecule is CCC1O[C@@H]2O[C@]2(C)[C@@H]1C. The van der Waals surface area contributed by atoms with Crippen LogP contribution < -0.4 is 0 Å². The van der Waals surface area contributed by atoms with Gasteiger partial charge in [-0.15, -0.1) is 0 Å². The third kappa shape index (κ3) is 0.611. The summed E-state index contributed by atoms with van der Waals surface area (Å²) in [7, 11) is 0. The van der Waals surface area contributed by atoms with Gasteiger partial charge in [0.05, 0.1) is 6.10 Å². The van der Waals surface area contributed by atoms with Crippen molar-refractivity contribution in [1.82, 2.24) is 0 Å². The lowest BCUT2D eigenvalue weighted by atomic mass is 9.92. The number of epoxide rings is 1. The highest BCUT2D eigenvalue weighted by Gasteiger charge is 2.65. The van der Waals surface area contributed by atoms with E-state index in [0.29, 0.717) is 12.0 Å². The van der Waals surface area contributed by atoms with Gasteiger partial charge < -0.3 is 9.47 Å². The summed E-state index contributed by atoms with van der Waals surface area (Å²) in [6.45, 7) is 6.51. The Morgan fingerprint density at radius 2 is 2.20 bits per heavy atom.